The number of pyridine rings is 1. The fourth-order valence-electron chi connectivity index (χ4n) is 3.30. The molecule has 2 N–H and O–H groups in total. The first kappa shape index (κ1) is 22.1. The van der Waals surface area contributed by atoms with E-state index in [4.69, 9.17) is 4.98 Å². The van der Waals surface area contributed by atoms with E-state index in [1.807, 2.05) is 32.9 Å². The van der Waals surface area contributed by atoms with Crippen LogP contribution in [0.3, 0.4) is 0 Å². The highest BCUT2D eigenvalue weighted by Gasteiger charge is 2.20. The van der Waals surface area contributed by atoms with E-state index in [-0.39, 0.29) is 17.3 Å². The number of aromatic nitrogens is 3. The zero-order valence-electron chi connectivity index (χ0n) is 18.0. The first-order chi connectivity index (χ1) is 15.7. The molecule has 0 radical (unpaired) electrons. The Morgan fingerprint density at radius 1 is 1.12 bits per heavy atom. The normalized spacial score (nSPS) is 11.0. The molecule has 0 spiro atoms. The van der Waals surface area contributed by atoms with Crippen molar-refractivity contribution in [3.05, 3.63) is 74.8 Å². The summed E-state index contributed by atoms with van der Waals surface area (Å²) in [6, 6.07) is 10.8. The predicted molar refractivity (Wildman–Crippen MR) is 124 cm³/mol. The minimum atomic E-state index is -0.677. The maximum absolute atomic E-state index is 13.0. The third kappa shape index (κ3) is 4.44. The molecule has 0 saturated heterocycles. The molecule has 0 aliphatic heterocycles. The van der Waals surface area contributed by atoms with Crippen molar-refractivity contribution in [2.75, 3.05) is 0 Å². The minimum absolute atomic E-state index is 0.0276. The third-order valence-corrected chi connectivity index (χ3v) is 5.93. The lowest BCUT2D eigenvalue weighted by molar-refractivity contribution is -0.384. The molecule has 10 nitrogen and oxygen atoms in total. The van der Waals surface area contributed by atoms with E-state index in [9.17, 15) is 19.7 Å². The molecule has 4 aromatic rings. The van der Waals surface area contributed by atoms with Crippen LogP contribution in [0.2, 0.25) is 0 Å². The van der Waals surface area contributed by atoms with Gasteiger partial charge in [0.2, 0.25) is 0 Å². The summed E-state index contributed by atoms with van der Waals surface area (Å²) in [5.74, 6) is -1.23. The maximum atomic E-state index is 13.0. The van der Waals surface area contributed by atoms with Crippen LogP contribution >= 0.6 is 11.3 Å². The molecule has 3 aromatic heterocycles. The van der Waals surface area contributed by atoms with Crippen LogP contribution in [-0.2, 0) is 0 Å². The topological polar surface area (TPSA) is 132 Å². The second-order valence-electron chi connectivity index (χ2n) is 7.60. The molecule has 0 unspecified atom stereocenters. The fraction of sp³-hybridized carbons (Fsp3) is 0.182. The standard InChI is InChI=1S/C22H20N6O4S/c1-12(2)27-20-17(11-23-27)16(10-18(24-20)19-8-7-13(3)33-19)22(30)26-25-21(29)14-5-4-6-15(9-14)28(31)32/h4-12H,1-3H3,(H,25,29)(H,26,30). The lowest BCUT2D eigenvalue weighted by Crippen LogP contribution is -2.41. The van der Waals surface area contributed by atoms with Crippen LogP contribution in [0.25, 0.3) is 21.6 Å². The smallest absolute Gasteiger partial charge is 0.267 e. The number of carbonyl (C=O) groups is 2. The van der Waals surface area contributed by atoms with Crippen LogP contribution in [0.5, 0.6) is 0 Å². The molecule has 0 aliphatic rings. The molecule has 2 amide bonds. The van der Waals surface area contributed by atoms with E-state index in [2.05, 4.69) is 16.0 Å². The quantitative estimate of drug-likeness (QED) is 0.338. The number of nitro groups is 1. The zero-order chi connectivity index (χ0) is 23.7. The SMILES string of the molecule is Cc1ccc(-c2cc(C(=O)NNC(=O)c3cccc([N+](=O)[O-])c3)c3cnn(C(C)C)c3n2)s1. The molecule has 0 bridgehead atoms. The van der Waals surface area contributed by atoms with E-state index in [1.54, 1.807) is 28.3 Å². The Morgan fingerprint density at radius 3 is 2.55 bits per heavy atom. The summed E-state index contributed by atoms with van der Waals surface area (Å²) >= 11 is 1.56. The first-order valence-corrected chi connectivity index (χ1v) is 10.9. The molecular weight excluding hydrogens is 444 g/mol. The number of hydrogen-bond acceptors (Lipinski definition) is 7. The molecule has 33 heavy (non-hydrogen) atoms. The minimum Gasteiger partial charge on any atom is -0.267 e. The third-order valence-electron chi connectivity index (χ3n) is 4.90. The Kier molecular flexibility index (Phi) is 5.88. The van der Waals surface area contributed by atoms with Crippen LogP contribution < -0.4 is 10.9 Å². The Labute approximate surface area is 192 Å². The summed E-state index contributed by atoms with van der Waals surface area (Å²) in [6.07, 6.45) is 1.57. The van der Waals surface area contributed by atoms with Gasteiger partial charge in [-0.05, 0) is 45.0 Å². The summed E-state index contributed by atoms with van der Waals surface area (Å²) in [5.41, 5.74) is 6.01. The van der Waals surface area contributed by atoms with Gasteiger partial charge in [-0.3, -0.25) is 30.6 Å². The Bertz CT molecular complexity index is 1390. The maximum Gasteiger partial charge on any atom is 0.270 e. The molecule has 0 atom stereocenters. The van der Waals surface area contributed by atoms with Crippen molar-refractivity contribution in [1.82, 2.24) is 25.6 Å². The van der Waals surface area contributed by atoms with Gasteiger partial charge in [0.25, 0.3) is 17.5 Å². The zero-order valence-corrected chi connectivity index (χ0v) is 18.8. The van der Waals surface area contributed by atoms with Gasteiger partial charge < -0.3 is 0 Å². The number of aryl methyl sites for hydroxylation is 1. The summed E-state index contributed by atoms with van der Waals surface area (Å²) in [7, 11) is 0. The number of non-ortho nitro benzene ring substituents is 1. The second kappa shape index (κ2) is 8.79. The number of amides is 2. The van der Waals surface area contributed by atoms with Crippen molar-refractivity contribution >= 4 is 39.9 Å². The van der Waals surface area contributed by atoms with Gasteiger partial charge >= 0.3 is 0 Å². The Balaban J connectivity index is 1.65. The Hall–Kier alpha value is -4.12. The van der Waals surface area contributed by atoms with Gasteiger partial charge in [-0.15, -0.1) is 11.3 Å². The number of thiophene rings is 1. The van der Waals surface area contributed by atoms with Gasteiger partial charge in [0.1, 0.15) is 0 Å². The van der Waals surface area contributed by atoms with Crippen molar-refractivity contribution < 1.29 is 14.5 Å². The fourth-order valence-corrected chi connectivity index (χ4v) is 4.12. The molecule has 4 rings (SSSR count). The number of fused-ring (bicyclic) bond motifs is 1. The number of hydrazine groups is 1. The highest BCUT2D eigenvalue weighted by atomic mass is 32.1. The van der Waals surface area contributed by atoms with Crippen LogP contribution in [0.15, 0.2) is 48.7 Å². The number of rotatable bonds is 5. The molecule has 0 aliphatic carbocycles. The molecule has 1 aromatic carbocycles. The van der Waals surface area contributed by atoms with Crippen LogP contribution in [0, 0.1) is 17.0 Å². The van der Waals surface area contributed by atoms with Crippen molar-refractivity contribution in [2.45, 2.75) is 26.8 Å². The van der Waals surface area contributed by atoms with E-state index in [1.165, 1.54) is 18.2 Å². The largest absolute Gasteiger partial charge is 0.270 e. The highest BCUT2D eigenvalue weighted by molar-refractivity contribution is 7.15. The molecule has 168 valence electrons. The average molecular weight is 465 g/mol. The highest BCUT2D eigenvalue weighted by Crippen LogP contribution is 2.30. The molecule has 0 fully saturated rings. The van der Waals surface area contributed by atoms with Gasteiger partial charge in [-0.1, -0.05) is 6.07 Å². The van der Waals surface area contributed by atoms with Crippen molar-refractivity contribution in [3.63, 3.8) is 0 Å². The number of benzene rings is 1. The van der Waals surface area contributed by atoms with Crippen LogP contribution in [-0.4, -0.2) is 31.5 Å². The van der Waals surface area contributed by atoms with Gasteiger partial charge in [0.05, 0.1) is 32.6 Å². The summed E-state index contributed by atoms with van der Waals surface area (Å²) < 4.78 is 1.73. The van der Waals surface area contributed by atoms with Crippen molar-refractivity contribution in [1.29, 1.82) is 0 Å². The lowest BCUT2D eigenvalue weighted by atomic mass is 10.1. The van der Waals surface area contributed by atoms with Crippen molar-refractivity contribution in [3.8, 4) is 10.6 Å². The van der Waals surface area contributed by atoms with E-state index >= 15 is 0 Å². The monoisotopic (exact) mass is 464 g/mol. The predicted octanol–water partition coefficient (Wildman–Crippen LogP) is 4.03. The molecule has 11 heteroatoms. The summed E-state index contributed by atoms with van der Waals surface area (Å²) in [5, 5.41) is 15.9. The van der Waals surface area contributed by atoms with Gasteiger partial charge in [0, 0.05) is 28.6 Å². The first-order valence-electron chi connectivity index (χ1n) is 10.0. The number of nitrogens with zero attached hydrogens (tertiary/aromatic N) is 4. The van der Waals surface area contributed by atoms with E-state index < -0.39 is 16.7 Å². The molecular formula is C22H20N6O4S. The number of carbonyl (C=O) groups excluding carboxylic acids is 2. The Morgan fingerprint density at radius 2 is 1.88 bits per heavy atom. The van der Waals surface area contributed by atoms with Gasteiger partial charge in [0.15, 0.2) is 5.65 Å². The average Bonchev–Trinajstić information content (AvgIpc) is 3.42. The van der Waals surface area contributed by atoms with Gasteiger partial charge in [-0.2, -0.15) is 5.10 Å². The van der Waals surface area contributed by atoms with E-state index in [0.717, 1.165) is 15.8 Å². The number of nitro benzene ring substituents is 1. The molecule has 3 heterocycles. The molecule has 0 saturated carbocycles. The van der Waals surface area contributed by atoms with E-state index in [0.29, 0.717) is 22.3 Å². The van der Waals surface area contributed by atoms with Crippen LogP contribution in [0.1, 0.15) is 45.5 Å². The second-order valence-corrected chi connectivity index (χ2v) is 8.89. The lowest BCUT2D eigenvalue weighted by Gasteiger charge is -2.11. The summed E-state index contributed by atoms with van der Waals surface area (Å²) in [6.45, 7) is 5.92. The van der Waals surface area contributed by atoms with Gasteiger partial charge in [-0.25, -0.2) is 9.67 Å². The van der Waals surface area contributed by atoms with Crippen LogP contribution in [0.4, 0.5) is 5.69 Å². The summed E-state index contributed by atoms with van der Waals surface area (Å²) in [4.78, 5) is 42.6. The van der Waals surface area contributed by atoms with Crippen molar-refractivity contribution in [2.24, 2.45) is 0 Å². The number of hydrogen-bond donors (Lipinski definition) is 2. The number of nitrogens with one attached hydrogen (secondary N) is 2.